The molecule has 4 N–H and O–H groups in total. The predicted octanol–water partition coefficient (Wildman–Crippen LogP) is 8.67. The minimum absolute atomic E-state index is 0.0142. The van der Waals surface area contributed by atoms with Crippen LogP contribution in [0.4, 0.5) is 11.4 Å². The predicted molar refractivity (Wildman–Crippen MR) is 199 cm³/mol. The number of nitrogens with one attached hydrogen (secondary N) is 1. The highest BCUT2D eigenvalue weighted by Gasteiger charge is 2.19. The molecule has 9 nitrogen and oxygen atoms in total. The van der Waals surface area contributed by atoms with Crippen LogP contribution in [0.1, 0.15) is 22.3 Å². The van der Waals surface area contributed by atoms with E-state index in [0.717, 1.165) is 50.6 Å². The van der Waals surface area contributed by atoms with Crippen molar-refractivity contribution < 1.29 is 24.2 Å². The molecule has 0 atom stereocenters. The lowest BCUT2D eigenvalue weighted by Crippen LogP contribution is -2.15. The molecule has 6 aromatic rings. The van der Waals surface area contributed by atoms with E-state index >= 15 is 0 Å². The molecule has 0 bridgehead atoms. The summed E-state index contributed by atoms with van der Waals surface area (Å²) in [5, 5.41) is 12.4. The number of hydrogen-bond acceptors (Lipinski definition) is 7. The Bertz CT molecular complexity index is 2210. The van der Waals surface area contributed by atoms with Crippen LogP contribution in [-0.2, 0) is 35.6 Å². The largest absolute Gasteiger partial charge is 0.488 e. The molecule has 8 rings (SSSR count). The first-order chi connectivity index (χ1) is 24.7. The van der Waals surface area contributed by atoms with Gasteiger partial charge in [-0.1, -0.05) is 59.6 Å². The number of carbonyl (C=O) groups excluding carboxylic acids is 1. The van der Waals surface area contributed by atoms with Gasteiger partial charge in [-0.05, 0) is 70.8 Å². The van der Waals surface area contributed by atoms with E-state index < -0.39 is 5.97 Å². The van der Waals surface area contributed by atoms with Crippen LogP contribution in [0.3, 0.4) is 0 Å². The van der Waals surface area contributed by atoms with Gasteiger partial charge >= 0.3 is 5.97 Å². The van der Waals surface area contributed by atoms with Crippen molar-refractivity contribution in [3.05, 3.63) is 154 Å². The Morgan fingerprint density at radius 3 is 1.78 bits per heavy atom. The summed E-state index contributed by atoms with van der Waals surface area (Å²) in [5.74, 6) is 0.634. The number of nitrogens with zero attached hydrogens (tertiary/aromatic N) is 2. The number of halogens is 2. The Labute approximate surface area is 304 Å². The SMILES string of the molecule is Nc1ccc2c(c1)OCc1cnccc1-2.O=C(Cc1ccccc1Cl)Nc1ccc2c(c1)OCc1cnccc1-2.O=C(O)Cc1ccccc1Cl. The molecule has 0 saturated carbocycles. The van der Waals surface area contributed by atoms with E-state index in [1.54, 1.807) is 42.7 Å². The van der Waals surface area contributed by atoms with E-state index in [9.17, 15) is 9.59 Å². The number of amides is 1. The number of aromatic nitrogens is 2. The number of nitrogens with two attached hydrogens (primary N) is 1. The third kappa shape index (κ3) is 8.83. The maximum absolute atomic E-state index is 12.3. The van der Waals surface area contributed by atoms with Crippen LogP contribution in [0.5, 0.6) is 11.5 Å². The van der Waals surface area contributed by atoms with Gasteiger partial charge in [0.15, 0.2) is 0 Å². The normalized spacial score (nSPS) is 11.6. The summed E-state index contributed by atoms with van der Waals surface area (Å²) in [6.07, 6.45) is 7.44. The summed E-state index contributed by atoms with van der Waals surface area (Å²) in [6.45, 7) is 1.05. The van der Waals surface area contributed by atoms with E-state index in [2.05, 4.69) is 15.3 Å². The van der Waals surface area contributed by atoms with Gasteiger partial charge in [0.05, 0.1) is 12.8 Å². The number of pyridine rings is 2. The van der Waals surface area contributed by atoms with Crippen molar-refractivity contribution in [1.29, 1.82) is 0 Å². The molecule has 256 valence electrons. The lowest BCUT2D eigenvalue weighted by Gasteiger charge is -2.21. The summed E-state index contributed by atoms with van der Waals surface area (Å²) in [4.78, 5) is 30.8. The number of carboxylic acids is 1. The molecule has 0 saturated heterocycles. The first-order valence-electron chi connectivity index (χ1n) is 15.9. The summed E-state index contributed by atoms with van der Waals surface area (Å²) in [7, 11) is 0. The molecule has 0 fully saturated rings. The minimum Gasteiger partial charge on any atom is -0.488 e. The molecule has 0 spiro atoms. The number of ether oxygens (including phenoxy) is 2. The van der Waals surface area contributed by atoms with Gasteiger partial charge in [0.1, 0.15) is 24.7 Å². The molecule has 2 aliphatic heterocycles. The van der Waals surface area contributed by atoms with Crippen molar-refractivity contribution in [2.45, 2.75) is 26.1 Å². The fraction of sp³-hybridized carbons (Fsp3) is 0.100. The molecule has 11 heteroatoms. The number of rotatable bonds is 5. The van der Waals surface area contributed by atoms with Crippen LogP contribution in [0.2, 0.25) is 10.0 Å². The molecule has 0 unspecified atom stereocenters. The van der Waals surface area contributed by atoms with Crippen LogP contribution in [0, 0.1) is 0 Å². The second-order valence-electron chi connectivity index (χ2n) is 11.6. The molecule has 1 amide bonds. The molecule has 4 aromatic carbocycles. The van der Waals surface area contributed by atoms with Crippen molar-refractivity contribution in [3.63, 3.8) is 0 Å². The highest BCUT2D eigenvalue weighted by Crippen LogP contribution is 2.39. The topological polar surface area (TPSA) is 137 Å². The smallest absolute Gasteiger partial charge is 0.307 e. The Balaban J connectivity index is 0.000000146. The van der Waals surface area contributed by atoms with Gasteiger partial charge in [-0.3, -0.25) is 19.6 Å². The van der Waals surface area contributed by atoms with Crippen molar-refractivity contribution >= 4 is 46.5 Å². The van der Waals surface area contributed by atoms with Gasteiger partial charge in [-0.2, -0.15) is 0 Å². The number of anilines is 2. The number of nitrogen functional groups attached to an aromatic ring is 1. The minimum atomic E-state index is -0.863. The zero-order valence-corrected chi connectivity index (χ0v) is 28.7. The number of carboxylic acid groups (broad SMARTS) is 1. The third-order valence-electron chi connectivity index (χ3n) is 8.03. The fourth-order valence-corrected chi connectivity index (χ4v) is 5.97. The summed E-state index contributed by atoms with van der Waals surface area (Å²) < 4.78 is 11.4. The molecule has 2 aromatic heterocycles. The van der Waals surface area contributed by atoms with Crippen LogP contribution < -0.4 is 20.5 Å². The quantitative estimate of drug-likeness (QED) is 0.151. The number of fused-ring (bicyclic) bond motifs is 6. The molecule has 51 heavy (non-hydrogen) atoms. The zero-order chi connectivity index (χ0) is 35.7. The van der Waals surface area contributed by atoms with E-state index in [4.69, 9.17) is 43.5 Å². The second kappa shape index (κ2) is 16.2. The summed E-state index contributed by atoms with van der Waals surface area (Å²) >= 11 is 11.8. The Hall–Kier alpha value is -5.90. The van der Waals surface area contributed by atoms with Gasteiger partial charge < -0.3 is 25.6 Å². The van der Waals surface area contributed by atoms with Gasteiger partial charge in [-0.15, -0.1) is 0 Å². The van der Waals surface area contributed by atoms with Crippen molar-refractivity contribution in [2.75, 3.05) is 11.1 Å². The van der Waals surface area contributed by atoms with E-state index in [1.807, 2.05) is 79.1 Å². The maximum Gasteiger partial charge on any atom is 0.307 e. The van der Waals surface area contributed by atoms with Crippen LogP contribution >= 0.6 is 23.2 Å². The number of benzene rings is 4. The lowest BCUT2D eigenvalue weighted by atomic mass is 9.98. The third-order valence-corrected chi connectivity index (χ3v) is 8.77. The first-order valence-corrected chi connectivity index (χ1v) is 16.6. The van der Waals surface area contributed by atoms with Crippen LogP contribution in [0.15, 0.2) is 122 Å². The number of hydrogen-bond donors (Lipinski definition) is 3. The Kier molecular flexibility index (Phi) is 11.1. The molecular formula is C40H32Cl2N4O5. The van der Waals surface area contributed by atoms with Crippen molar-refractivity contribution in [1.82, 2.24) is 9.97 Å². The molecule has 4 heterocycles. The Morgan fingerprint density at radius 2 is 1.22 bits per heavy atom. The molecule has 0 aliphatic carbocycles. The first kappa shape index (κ1) is 34.9. The molecule has 2 aliphatic rings. The molecule has 0 radical (unpaired) electrons. The summed E-state index contributed by atoms with van der Waals surface area (Å²) in [6, 6.07) is 29.7. The van der Waals surface area contributed by atoms with E-state index in [0.29, 0.717) is 34.5 Å². The van der Waals surface area contributed by atoms with Crippen LogP contribution in [0.25, 0.3) is 22.3 Å². The monoisotopic (exact) mass is 718 g/mol. The van der Waals surface area contributed by atoms with Crippen molar-refractivity contribution in [3.8, 4) is 33.8 Å². The lowest BCUT2D eigenvalue weighted by molar-refractivity contribution is -0.136. The number of aliphatic carboxylic acids is 1. The maximum atomic E-state index is 12.3. The molecular weight excluding hydrogens is 687 g/mol. The van der Waals surface area contributed by atoms with Gasteiger partial charge in [0.25, 0.3) is 0 Å². The average Bonchev–Trinajstić information content (AvgIpc) is 3.13. The van der Waals surface area contributed by atoms with Gasteiger partial charge in [0.2, 0.25) is 5.91 Å². The highest BCUT2D eigenvalue weighted by atomic mass is 35.5. The highest BCUT2D eigenvalue weighted by molar-refractivity contribution is 6.31. The number of carbonyl (C=O) groups is 2. The Morgan fingerprint density at radius 1 is 0.686 bits per heavy atom. The van der Waals surface area contributed by atoms with Crippen molar-refractivity contribution in [2.24, 2.45) is 0 Å². The average molecular weight is 720 g/mol. The van der Waals surface area contributed by atoms with Gasteiger partial charge in [0, 0.05) is 80.6 Å². The second-order valence-corrected chi connectivity index (χ2v) is 12.4. The fourth-order valence-electron chi connectivity index (χ4n) is 5.57. The van der Waals surface area contributed by atoms with Gasteiger partial charge in [-0.25, -0.2) is 0 Å². The zero-order valence-electron chi connectivity index (χ0n) is 27.2. The van der Waals surface area contributed by atoms with Crippen LogP contribution in [-0.4, -0.2) is 27.0 Å². The standard InChI is InChI=1S/C20H15ClN2O2.C12H10N2O.C8H7ClO2/c21-18-4-2-1-3-13(18)9-20(24)23-15-5-6-17-16-7-8-22-11-14(16)12-25-19(17)10-15;13-9-1-2-11-10-3-4-14-6-8(10)7-15-12(11)5-9;9-7-4-2-1-3-6(7)5-8(10)11/h1-8,10-11H,9,12H2,(H,23,24);1-6H,7,13H2;1-4H,5H2,(H,10,11). The van der Waals surface area contributed by atoms with E-state index in [-0.39, 0.29) is 18.7 Å². The van der Waals surface area contributed by atoms with E-state index in [1.165, 1.54) is 5.56 Å². The summed E-state index contributed by atoms with van der Waals surface area (Å²) in [5.41, 5.74) is 15.2.